The Morgan fingerprint density at radius 3 is 2.54 bits per heavy atom. The molecule has 1 saturated heterocycles. The smallest absolute Gasteiger partial charge is 0.251 e. The summed E-state index contributed by atoms with van der Waals surface area (Å²) in [7, 11) is 0. The highest BCUT2D eigenvalue weighted by atomic mass is 16.5. The van der Waals surface area contributed by atoms with Crippen molar-refractivity contribution in [1.82, 2.24) is 9.78 Å². The third kappa shape index (κ3) is 3.90. The van der Waals surface area contributed by atoms with E-state index in [-0.39, 0.29) is 18.0 Å². The Morgan fingerprint density at radius 2 is 1.92 bits per heavy atom. The van der Waals surface area contributed by atoms with Crippen LogP contribution in [0.25, 0.3) is 0 Å². The van der Waals surface area contributed by atoms with Crippen molar-refractivity contribution in [3.05, 3.63) is 42.2 Å². The second-order valence-corrected chi connectivity index (χ2v) is 5.49. The van der Waals surface area contributed by atoms with Crippen LogP contribution in [0.1, 0.15) is 10.4 Å². The van der Waals surface area contributed by atoms with Crippen molar-refractivity contribution in [2.75, 3.05) is 36.5 Å². The first-order chi connectivity index (χ1) is 11.6. The molecular formula is C16H19N5O3. The van der Waals surface area contributed by atoms with Gasteiger partial charge in [-0.05, 0) is 24.3 Å². The van der Waals surface area contributed by atoms with E-state index in [0.717, 1.165) is 32.0 Å². The molecule has 8 nitrogen and oxygen atoms in total. The van der Waals surface area contributed by atoms with Crippen LogP contribution in [0.5, 0.6) is 0 Å². The number of primary amides is 1. The molecule has 0 unspecified atom stereocenters. The predicted molar refractivity (Wildman–Crippen MR) is 88.8 cm³/mol. The van der Waals surface area contributed by atoms with Crippen molar-refractivity contribution in [3.63, 3.8) is 0 Å². The first kappa shape index (κ1) is 16.0. The number of ether oxygens (including phenoxy) is 1. The molecule has 126 valence electrons. The zero-order valence-corrected chi connectivity index (χ0v) is 13.1. The standard InChI is InChI=1S/C16H19N5O3/c17-16(23)12-9-18-21(10-12)11-15(22)19-13-1-3-14(4-2-13)20-5-7-24-8-6-20/h1-4,9-10H,5-8,11H2,(H2,17,23)(H,19,22). The summed E-state index contributed by atoms with van der Waals surface area (Å²) in [4.78, 5) is 25.3. The Labute approximate surface area is 139 Å². The molecule has 2 aromatic rings. The molecule has 0 aliphatic carbocycles. The van der Waals surface area contributed by atoms with Crippen LogP contribution in [0.3, 0.4) is 0 Å². The number of rotatable bonds is 5. The number of anilines is 2. The molecule has 2 heterocycles. The maximum atomic E-state index is 12.0. The molecule has 1 aromatic carbocycles. The predicted octanol–water partition coefficient (Wildman–Crippen LogP) is 0.457. The highest BCUT2D eigenvalue weighted by Gasteiger charge is 2.12. The number of carbonyl (C=O) groups excluding carboxylic acids is 2. The fourth-order valence-corrected chi connectivity index (χ4v) is 2.50. The largest absolute Gasteiger partial charge is 0.378 e. The number of hydrogen-bond donors (Lipinski definition) is 2. The van der Waals surface area contributed by atoms with Crippen LogP contribution in [0.15, 0.2) is 36.7 Å². The lowest BCUT2D eigenvalue weighted by molar-refractivity contribution is -0.116. The third-order valence-corrected chi connectivity index (χ3v) is 3.75. The molecule has 0 radical (unpaired) electrons. The summed E-state index contributed by atoms with van der Waals surface area (Å²) in [6.07, 6.45) is 2.79. The monoisotopic (exact) mass is 329 g/mol. The summed E-state index contributed by atoms with van der Waals surface area (Å²) in [5, 5.41) is 6.73. The second-order valence-electron chi connectivity index (χ2n) is 5.49. The molecule has 3 N–H and O–H groups in total. The molecular weight excluding hydrogens is 310 g/mol. The maximum absolute atomic E-state index is 12.0. The Balaban J connectivity index is 1.56. The molecule has 2 amide bonds. The maximum Gasteiger partial charge on any atom is 0.251 e. The van der Waals surface area contributed by atoms with Crippen LogP contribution < -0.4 is 16.0 Å². The molecule has 3 rings (SSSR count). The van der Waals surface area contributed by atoms with Gasteiger partial charge in [0.05, 0.1) is 25.0 Å². The number of morpholine rings is 1. The minimum Gasteiger partial charge on any atom is -0.378 e. The van der Waals surface area contributed by atoms with Gasteiger partial charge in [0.25, 0.3) is 5.91 Å². The number of nitrogens with zero attached hydrogens (tertiary/aromatic N) is 3. The van der Waals surface area contributed by atoms with Gasteiger partial charge in [0.2, 0.25) is 5.91 Å². The van der Waals surface area contributed by atoms with E-state index in [4.69, 9.17) is 10.5 Å². The first-order valence-electron chi connectivity index (χ1n) is 7.67. The van der Waals surface area contributed by atoms with Crippen LogP contribution in [-0.4, -0.2) is 47.9 Å². The molecule has 0 spiro atoms. The topological polar surface area (TPSA) is 102 Å². The van der Waals surface area contributed by atoms with Gasteiger partial charge in [0, 0.05) is 30.7 Å². The summed E-state index contributed by atoms with van der Waals surface area (Å²) in [6, 6.07) is 7.67. The third-order valence-electron chi connectivity index (χ3n) is 3.75. The summed E-state index contributed by atoms with van der Waals surface area (Å²) in [5.41, 5.74) is 7.24. The average Bonchev–Trinajstić information content (AvgIpc) is 3.05. The van der Waals surface area contributed by atoms with E-state index in [1.165, 1.54) is 17.1 Å². The van der Waals surface area contributed by atoms with E-state index in [1.807, 2.05) is 24.3 Å². The number of nitrogens with two attached hydrogens (primary N) is 1. The molecule has 1 fully saturated rings. The molecule has 24 heavy (non-hydrogen) atoms. The molecule has 8 heteroatoms. The molecule has 1 aromatic heterocycles. The number of hydrogen-bond acceptors (Lipinski definition) is 5. The minimum atomic E-state index is -0.569. The second kappa shape index (κ2) is 7.14. The average molecular weight is 329 g/mol. The van der Waals surface area contributed by atoms with Gasteiger partial charge < -0.3 is 20.7 Å². The number of nitrogens with one attached hydrogen (secondary N) is 1. The van der Waals surface area contributed by atoms with Crippen molar-refractivity contribution in [2.45, 2.75) is 6.54 Å². The van der Waals surface area contributed by atoms with E-state index in [0.29, 0.717) is 5.69 Å². The number of amides is 2. The van der Waals surface area contributed by atoms with E-state index >= 15 is 0 Å². The highest BCUT2D eigenvalue weighted by molar-refractivity contribution is 5.93. The van der Waals surface area contributed by atoms with Gasteiger partial charge in [0.15, 0.2) is 0 Å². The summed E-state index contributed by atoms with van der Waals surface area (Å²) in [5.74, 6) is -0.798. The van der Waals surface area contributed by atoms with Crippen LogP contribution in [0.4, 0.5) is 11.4 Å². The summed E-state index contributed by atoms with van der Waals surface area (Å²) < 4.78 is 6.71. The SMILES string of the molecule is NC(=O)c1cnn(CC(=O)Nc2ccc(N3CCOCC3)cc2)c1. The molecule has 0 bridgehead atoms. The van der Waals surface area contributed by atoms with Crippen LogP contribution in [0.2, 0.25) is 0 Å². The van der Waals surface area contributed by atoms with E-state index in [2.05, 4.69) is 15.3 Å². The van der Waals surface area contributed by atoms with Gasteiger partial charge in [0.1, 0.15) is 6.54 Å². The van der Waals surface area contributed by atoms with Crippen molar-refractivity contribution in [2.24, 2.45) is 5.73 Å². The van der Waals surface area contributed by atoms with Gasteiger partial charge in [-0.2, -0.15) is 5.10 Å². The zero-order chi connectivity index (χ0) is 16.9. The number of carbonyl (C=O) groups is 2. The molecule has 0 atom stereocenters. The minimum absolute atomic E-state index is 0.0124. The Hall–Kier alpha value is -2.87. The Bertz CT molecular complexity index is 720. The molecule has 0 saturated carbocycles. The van der Waals surface area contributed by atoms with Crippen LogP contribution in [-0.2, 0) is 16.1 Å². The Morgan fingerprint density at radius 1 is 1.21 bits per heavy atom. The Kier molecular flexibility index (Phi) is 4.76. The van der Waals surface area contributed by atoms with E-state index in [1.54, 1.807) is 0 Å². The van der Waals surface area contributed by atoms with Crippen molar-refractivity contribution in [1.29, 1.82) is 0 Å². The first-order valence-corrected chi connectivity index (χ1v) is 7.67. The zero-order valence-electron chi connectivity index (χ0n) is 13.1. The van der Waals surface area contributed by atoms with Gasteiger partial charge >= 0.3 is 0 Å². The van der Waals surface area contributed by atoms with Gasteiger partial charge in [-0.1, -0.05) is 0 Å². The normalized spacial score (nSPS) is 14.4. The highest BCUT2D eigenvalue weighted by Crippen LogP contribution is 2.19. The van der Waals surface area contributed by atoms with Crippen LogP contribution >= 0.6 is 0 Å². The van der Waals surface area contributed by atoms with Gasteiger partial charge in [-0.3, -0.25) is 14.3 Å². The van der Waals surface area contributed by atoms with Gasteiger partial charge in [-0.15, -0.1) is 0 Å². The number of aromatic nitrogens is 2. The lowest BCUT2D eigenvalue weighted by Gasteiger charge is -2.28. The summed E-state index contributed by atoms with van der Waals surface area (Å²) in [6.45, 7) is 3.21. The lowest BCUT2D eigenvalue weighted by Crippen LogP contribution is -2.36. The van der Waals surface area contributed by atoms with Crippen molar-refractivity contribution < 1.29 is 14.3 Å². The fraction of sp³-hybridized carbons (Fsp3) is 0.312. The quantitative estimate of drug-likeness (QED) is 0.829. The van der Waals surface area contributed by atoms with Crippen molar-refractivity contribution in [3.8, 4) is 0 Å². The van der Waals surface area contributed by atoms with E-state index < -0.39 is 5.91 Å². The van der Waals surface area contributed by atoms with E-state index in [9.17, 15) is 9.59 Å². The fourth-order valence-electron chi connectivity index (χ4n) is 2.50. The summed E-state index contributed by atoms with van der Waals surface area (Å²) >= 11 is 0. The lowest BCUT2D eigenvalue weighted by atomic mass is 10.2. The molecule has 1 aliphatic rings. The van der Waals surface area contributed by atoms with Crippen LogP contribution in [0, 0.1) is 0 Å². The van der Waals surface area contributed by atoms with Crippen molar-refractivity contribution >= 4 is 23.2 Å². The number of benzene rings is 1. The molecule has 1 aliphatic heterocycles. The van der Waals surface area contributed by atoms with Gasteiger partial charge in [-0.25, -0.2) is 0 Å².